The van der Waals surface area contributed by atoms with Crippen molar-refractivity contribution >= 4 is 34.8 Å². The molecule has 0 bridgehead atoms. The number of aromatic nitrogens is 1. The number of methoxy groups -OCH3 is 1. The van der Waals surface area contributed by atoms with E-state index in [1.807, 2.05) is 0 Å². The number of carbonyl (C=O) groups excluding carboxylic acids is 1. The van der Waals surface area contributed by atoms with Gasteiger partial charge in [-0.25, -0.2) is 4.98 Å². The van der Waals surface area contributed by atoms with E-state index >= 15 is 0 Å². The maximum absolute atomic E-state index is 11.6. The van der Waals surface area contributed by atoms with E-state index in [0.29, 0.717) is 16.6 Å². The number of hydrogen-bond acceptors (Lipinski definition) is 6. The smallest absolute Gasteiger partial charge is 0.245 e. The quantitative estimate of drug-likeness (QED) is 0.878. The number of nitrogens with one attached hydrogen (secondary N) is 1. The van der Waals surface area contributed by atoms with Gasteiger partial charge in [-0.3, -0.25) is 4.79 Å². The minimum Gasteiger partial charge on any atom is -0.463 e. The van der Waals surface area contributed by atoms with E-state index in [9.17, 15) is 4.79 Å². The summed E-state index contributed by atoms with van der Waals surface area (Å²) in [6.07, 6.45) is 1.57. The van der Waals surface area contributed by atoms with Gasteiger partial charge in [0, 0.05) is 12.5 Å². The Morgan fingerprint density at radius 2 is 2.47 bits per heavy atom. The highest BCUT2D eigenvalue weighted by molar-refractivity contribution is 7.14. The highest BCUT2D eigenvalue weighted by atomic mass is 35.5. The second-order valence-electron chi connectivity index (χ2n) is 3.57. The summed E-state index contributed by atoms with van der Waals surface area (Å²) in [6.45, 7) is 0.169. The molecule has 1 atom stereocenters. The molecule has 1 amide bonds. The first-order chi connectivity index (χ1) is 8.70. The first kappa shape index (κ1) is 15.6. The fourth-order valence-electron chi connectivity index (χ4n) is 1.32. The summed E-state index contributed by atoms with van der Waals surface area (Å²) in [5, 5.41) is 4.92. The Morgan fingerprint density at radius 1 is 1.68 bits per heavy atom. The highest BCUT2D eigenvalue weighted by Gasteiger charge is 2.15. The summed E-state index contributed by atoms with van der Waals surface area (Å²) < 4.78 is 10.0. The molecular weight excluding hydrogens is 290 g/mol. The number of furan rings is 1. The number of hydrogen-bond donors (Lipinski definition) is 2. The fraction of sp³-hybridized carbons (Fsp3) is 0.273. The summed E-state index contributed by atoms with van der Waals surface area (Å²) in [7, 11) is 1.49. The van der Waals surface area contributed by atoms with E-state index in [0.717, 1.165) is 0 Å². The van der Waals surface area contributed by atoms with Crippen LogP contribution >= 0.6 is 23.7 Å². The molecule has 0 saturated carbocycles. The number of nitrogens with zero attached hydrogens (tertiary/aromatic N) is 1. The van der Waals surface area contributed by atoms with Crippen molar-refractivity contribution in [1.29, 1.82) is 0 Å². The summed E-state index contributed by atoms with van der Waals surface area (Å²) in [5.74, 6) is 0.338. The van der Waals surface area contributed by atoms with E-state index in [4.69, 9.17) is 14.9 Å². The Hall–Kier alpha value is -1.41. The van der Waals surface area contributed by atoms with E-state index < -0.39 is 6.04 Å². The van der Waals surface area contributed by atoms with Gasteiger partial charge in [0.25, 0.3) is 0 Å². The minimum atomic E-state index is -0.703. The molecule has 2 aromatic rings. The van der Waals surface area contributed by atoms with E-state index in [1.165, 1.54) is 18.4 Å². The zero-order valence-corrected chi connectivity index (χ0v) is 11.8. The number of anilines is 1. The third-order valence-corrected chi connectivity index (χ3v) is 2.95. The molecule has 6 nitrogen and oxygen atoms in total. The van der Waals surface area contributed by atoms with Crippen molar-refractivity contribution in [3.63, 3.8) is 0 Å². The van der Waals surface area contributed by atoms with Gasteiger partial charge in [-0.15, -0.1) is 23.7 Å². The standard InChI is InChI=1S/C11H13N3O3S.ClH/c1-16-5-7(12)10(15)14-11-13-8(6-18-11)9-3-2-4-17-9;/h2-4,6-7H,5,12H2,1H3,(H,13,14,15);1H. The molecule has 3 N–H and O–H groups in total. The van der Waals surface area contributed by atoms with Crippen molar-refractivity contribution in [2.45, 2.75) is 6.04 Å². The average molecular weight is 304 g/mol. The molecular formula is C11H14ClN3O3S. The van der Waals surface area contributed by atoms with Gasteiger partial charge < -0.3 is 20.2 Å². The van der Waals surface area contributed by atoms with Gasteiger partial charge >= 0.3 is 0 Å². The van der Waals surface area contributed by atoms with Crippen LogP contribution in [0.2, 0.25) is 0 Å². The first-order valence-electron chi connectivity index (χ1n) is 5.25. The molecule has 19 heavy (non-hydrogen) atoms. The highest BCUT2D eigenvalue weighted by Crippen LogP contribution is 2.24. The third-order valence-electron chi connectivity index (χ3n) is 2.19. The van der Waals surface area contributed by atoms with Crippen LogP contribution in [0.25, 0.3) is 11.5 Å². The van der Waals surface area contributed by atoms with Crippen LogP contribution in [0.3, 0.4) is 0 Å². The predicted molar refractivity (Wildman–Crippen MR) is 75.5 cm³/mol. The fourth-order valence-corrected chi connectivity index (χ4v) is 2.02. The molecule has 1 unspecified atom stereocenters. The van der Waals surface area contributed by atoms with Crippen molar-refractivity contribution < 1.29 is 13.9 Å². The Balaban J connectivity index is 0.00000180. The van der Waals surface area contributed by atoms with Crippen molar-refractivity contribution in [1.82, 2.24) is 4.98 Å². The van der Waals surface area contributed by atoms with Crippen LogP contribution in [0, 0.1) is 0 Å². The molecule has 2 aromatic heterocycles. The largest absolute Gasteiger partial charge is 0.463 e. The minimum absolute atomic E-state index is 0. The number of carbonyl (C=O) groups is 1. The third kappa shape index (κ3) is 4.03. The molecule has 0 spiro atoms. The molecule has 0 fully saturated rings. The number of amides is 1. The zero-order chi connectivity index (χ0) is 13.0. The Morgan fingerprint density at radius 3 is 3.11 bits per heavy atom. The lowest BCUT2D eigenvalue weighted by molar-refractivity contribution is -0.118. The molecule has 0 aromatic carbocycles. The second kappa shape index (κ2) is 7.25. The van der Waals surface area contributed by atoms with Crippen molar-refractivity contribution in [2.75, 3.05) is 19.0 Å². The monoisotopic (exact) mass is 303 g/mol. The lowest BCUT2D eigenvalue weighted by Gasteiger charge is -2.08. The van der Waals surface area contributed by atoms with Crippen LogP contribution in [-0.4, -0.2) is 30.6 Å². The average Bonchev–Trinajstić information content (AvgIpc) is 2.98. The van der Waals surface area contributed by atoms with Crippen molar-refractivity contribution in [3.05, 3.63) is 23.8 Å². The van der Waals surface area contributed by atoms with E-state index in [2.05, 4.69) is 10.3 Å². The lowest BCUT2D eigenvalue weighted by Crippen LogP contribution is -2.39. The normalized spacial score (nSPS) is 11.7. The van der Waals surface area contributed by atoms with Gasteiger partial charge in [0.15, 0.2) is 10.9 Å². The van der Waals surface area contributed by atoms with Gasteiger partial charge in [-0.1, -0.05) is 0 Å². The lowest BCUT2D eigenvalue weighted by atomic mass is 10.3. The molecule has 2 heterocycles. The van der Waals surface area contributed by atoms with Crippen LogP contribution in [-0.2, 0) is 9.53 Å². The molecule has 0 radical (unpaired) electrons. The Kier molecular flexibility index (Phi) is 5.97. The second-order valence-corrected chi connectivity index (χ2v) is 4.42. The van der Waals surface area contributed by atoms with Crippen molar-refractivity contribution in [2.24, 2.45) is 5.73 Å². The van der Waals surface area contributed by atoms with Crippen LogP contribution in [0.4, 0.5) is 5.13 Å². The van der Waals surface area contributed by atoms with Gasteiger partial charge in [0.05, 0.1) is 12.9 Å². The molecule has 0 aliphatic carbocycles. The number of halogens is 1. The summed E-state index contributed by atoms with van der Waals surface area (Å²) >= 11 is 1.31. The summed E-state index contributed by atoms with van der Waals surface area (Å²) in [6, 6.07) is 2.88. The maximum Gasteiger partial charge on any atom is 0.245 e. The topological polar surface area (TPSA) is 90.4 Å². The SMILES string of the molecule is COCC(N)C(=O)Nc1nc(-c2ccco2)cs1.Cl. The number of ether oxygens (including phenoxy) is 1. The number of nitrogens with two attached hydrogens (primary N) is 1. The van der Waals surface area contributed by atoms with Crippen LogP contribution in [0.1, 0.15) is 0 Å². The van der Waals surface area contributed by atoms with Crippen LogP contribution in [0.5, 0.6) is 0 Å². The van der Waals surface area contributed by atoms with Gasteiger partial charge in [0.1, 0.15) is 11.7 Å². The van der Waals surface area contributed by atoms with E-state index in [1.54, 1.807) is 23.8 Å². The molecule has 0 aliphatic rings. The van der Waals surface area contributed by atoms with Crippen LogP contribution in [0.15, 0.2) is 28.2 Å². The Labute approximate surface area is 120 Å². The number of thiazole rings is 1. The maximum atomic E-state index is 11.6. The predicted octanol–water partition coefficient (Wildman–Crippen LogP) is 1.74. The molecule has 8 heteroatoms. The number of rotatable bonds is 5. The van der Waals surface area contributed by atoms with Gasteiger partial charge in [-0.05, 0) is 12.1 Å². The molecule has 104 valence electrons. The van der Waals surface area contributed by atoms with Gasteiger partial charge in [0.2, 0.25) is 5.91 Å². The molecule has 0 saturated heterocycles. The molecule has 2 rings (SSSR count). The molecule has 0 aliphatic heterocycles. The summed E-state index contributed by atoms with van der Waals surface area (Å²) in [5.41, 5.74) is 6.28. The van der Waals surface area contributed by atoms with Crippen LogP contribution < -0.4 is 11.1 Å². The first-order valence-corrected chi connectivity index (χ1v) is 6.13. The Bertz CT molecular complexity index is 515. The van der Waals surface area contributed by atoms with Crippen molar-refractivity contribution in [3.8, 4) is 11.5 Å². The summed E-state index contributed by atoms with van der Waals surface area (Å²) in [4.78, 5) is 15.9. The van der Waals surface area contributed by atoms with Gasteiger partial charge in [-0.2, -0.15) is 0 Å². The zero-order valence-electron chi connectivity index (χ0n) is 10.2. The van der Waals surface area contributed by atoms with E-state index in [-0.39, 0.29) is 24.9 Å².